The van der Waals surface area contributed by atoms with E-state index in [4.69, 9.17) is 30.7 Å². The molecule has 1 aromatic carbocycles. The topological polar surface area (TPSA) is 210 Å². The molecule has 212 valence electrons. The molecule has 3 rings (SSSR count). The van der Waals surface area contributed by atoms with Crippen molar-refractivity contribution in [3.63, 3.8) is 0 Å². The van der Waals surface area contributed by atoms with Crippen molar-refractivity contribution in [2.45, 2.75) is 63.5 Å². The normalized spacial score (nSPS) is 26.8. The zero-order valence-electron chi connectivity index (χ0n) is 21.5. The van der Waals surface area contributed by atoms with Crippen LogP contribution >= 0.6 is 20.0 Å². The number of aliphatic hydroxyl groups excluding tert-OH is 1. The fourth-order valence-corrected chi connectivity index (χ4v) is 5.39. The molecule has 0 aliphatic carbocycles. The van der Waals surface area contributed by atoms with Gasteiger partial charge in [0.1, 0.15) is 28.1 Å². The van der Waals surface area contributed by atoms with E-state index in [1.165, 1.54) is 31.3 Å². The number of aliphatic hydroxyl groups is 2. The lowest BCUT2D eigenvalue weighted by Gasteiger charge is -2.31. The van der Waals surface area contributed by atoms with Crippen molar-refractivity contribution in [1.29, 1.82) is 0 Å². The Bertz CT molecular complexity index is 1390. The van der Waals surface area contributed by atoms with Crippen LogP contribution in [0.15, 0.2) is 52.5 Å². The second-order valence-corrected chi connectivity index (χ2v) is 11.3. The molecule has 0 saturated carbocycles. The van der Waals surface area contributed by atoms with Crippen molar-refractivity contribution in [2.75, 3.05) is 6.61 Å². The predicted octanol–water partition coefficient (Wildman–Crippen LogP) is 2.69. The van der Waals surface area contributed by atoms with Gasteiger partial charge < -0.3 is 24.2 Å². The lowest BCUT2D eigenvalue weighted by molar-refractivity contribution is -0.149. The molecule has 0 amide bonds. The lowest BCUT2D eigenvalue weighted by atomic mass is 9.93. The first-order valence-corrected chi connectivity index (χ1v) is 13.6. The predicted molar refractivity (Wildman–Crippen MR) is 139 cm³/mol. The van der Waals surface area contributed by atoms with Gasteiger partial charge in [-0.1, -0.05) is 35.5 Å². The van der Waals surface area contributed by atoms with Crippen LogP contribution in [0.4, 0.5) is 0 Å². The molecule has 4 N–H and O–H groups in total. The molecule has 1 aromatic heterocycles. The zero-order chi connectivity index (χ0) is 29.0. The number of rotatable bonds is 11. The van der Waals surface area contributed by atoms with Gasteiger partial charge in [-0.15, -0.1) is 0 Å². The monoisotopic (exact) mass is 584 g/mol. The van der Waals surface area contributed by atoms with Gasteiger partial charge in [0, 0.05) is 11.1 Å². The highest BCUT2D eigenvalue weighted by molar-refractivity contribution is 7.71. The first-order chi connectivity index (χ1) is 18.2. The average molecular weight is 585 g/mol. The number of benzene rings is 1. The fourth-order valence-electron chi connectivity index (χ4n) is 3.73. The highest BCUT2D eigenvalue weighted by atomic mass is 32.1. The number of esters is 1. The Morgan fingerprint density at radius 3 is 2.62 bits per heavy atom. The number of hydrogen-bond donors (Lipinski definition) is 4. The van der Waals surface area contributed by atoms with Crippen molar-refractivity contribution in [2.24, 2.45) is 5.11 Å². The Morgan fingerprint density at radius 1 is 1.36 bits per heavy atom. The number of nitrogens with zero attached hydrogens (tertiary/aromatic N) is 4. The maximum atomic E-state index is 13.8. The highest BCUT2D eigenvalue weighted by Crippen LogP contribution is 2.50. The van der Waals surface area contributed by atoms with Crippen LogP contribution in [0.3, 0.4) is 0 Å². The number of carbonyl (C=O) groups excluding carboxylic acids is 1. The van der Waals surface area contributed by atoms with Gasteiger partial charge in [-0.2, -0.15) is 5.09 Å². The molecule has 0 bridgehead atoms. The fraction of sp³-hybridized carbons (Fsp3) is 0.500. The molecule has 1 aliphatic heterocycles. The molecule has 2 heterocycles. The van der Waals surface area contributed by atoms with Crippen LogP contribution in [0, 0.1) is 4.64 Å². The van der Waals surface area contributed by atoms with Gasteiger partial charge in [-0.3, -0.25) is 18.9 Å². The minimum atomic E-state index is -4.48. The summed E-state index contributed by atoms with van der Waals surface area (Å²) in [6.07, 6.45) is -2.83. The van der Waals surface area contributed by atoms with Crippen LogP contribution in [-0.4, -0.2) is 61.9 Å². The van der Waals surface area contributed by atoms with E-state index in [0.29, 0.717) is 0 Å². The number of H-pyrrole nitrogens is 1. The zero-order valence-corrected chi connectivity index (χ0v) is 23.2. The summed E-state index contributed by atoms with van der Waals surface area (Å²) in [6, 6.07) is 8.01. The van der Waals surface area contributed by atoms with E-state index >= 15 is 0 Å². The van der Waals surface area contributed by atoms with E-state index in [1.54, 1.807) is 32.0 Å². The van der Waals surface area contributed by atoms with Crippen LogP contribution in [0.25, 0.3) is 10.4 Å². The van der Waals surface area contributed by atoms with E-state index < -0.39 is 61.8 Å². The number of para-hydroxylation sites is 1. The van der Waals surface area contributed by atoms with Crippen LogP contribution in [-0.2, 0) is 23.4 Å². The third-order valence-corrected chi connectivity index (χ3v) is 7.44. The first-order valence-electron chi connectivity index (χ1n) is 11.7. The van der Waals surface area contributed by atoms with Gasteiger partial charge in [-0.05, 0) is 51.4 Å². The summed E-state index contributed by atoms with van der Waals surface area (Å²) in [5.74, 6) is -0.657. The van der Waals surface area contributed by atoms with Gasteiger partial charge >= 0.3 is 19.4 Å². The highest BCUT2D eigenvalue weighted by Gasteiger charge is 2.62. The molecule has 15 nitrogen and oxygen atoms in total. The third-order valence-electron chi connectivity index (χ3n) is 5.58. The third kappa shape index (κ3) is 6.93. The molecular weight excluding hydrogens is 555 g/mol. The van der Waals surface area contributed by atoms with Crippen LogP contribution in [0.5, 0.6) is 5.75 Å². The van der Waals surface area contributed by atoms with E-state index in [0.717, 1.165) is 11.5 Å². The van der Waals surface area contributed by atoms with Crippen LogP contribution in [0.2, 0.25) is 0 Å². The number of azide groups is 1. The summed E-state index contributed by atoms with van der Waals surface area (Å²) >= 11 is 4.92. The van der Waals surface area contributed by atoms with Crippen molar-refractivity contribution in [3.05, 3.63) is 68.2 Å². The van der Waals surface area contributed by atoms with Crippen molar-refractivity contribution >= 4 is 25.9 Å². The Balaban J connectivity index is 1.95. The van der Waals surface area contributed by atoms with Crippen molar-refractivity contribution < 1.29 is 38.1 Å². The minimum absolute atomic E-state index is 0.0967. The molecule has 17 heteroatoms. The average Bonchev–Trinajstić information content (AvgIpc) is 3.04. The van der Waals surface area contributed by atoms with Gasteiger partial charge in [-0.25, -0.2) is 9.36 Å². The molecule has 6 atom stereocenters. The summed E-state index contributed by atoms with van der Waals surface area (Å²) in [5.41, 5.74) is 3.86. The first kappa shape index (κ1) is 30.5. The quantitative estimate of drug-likeness (QED) is 0.0753. The summed E-state index contributed by atoms with van der Waals surface area (Å²) in [5, 5.41) is 28.1. The van der Waals surface area contributed by atoms with E-state index in [-0.39, 0.29) is 10.4 Å². The Kier molecular flexibility index (Phi) is 9.36. The van der Waals surface area contributed by atoms with E-state index in [2.05, 4.69) is 20.1 Å². The maximum absolute atomic E-state index is 13.8. The Morgan fingerprint density at radius 2 is 2.03 bits per heavy atom. The van der Waals surface area contributed by atoms with Crippen molar-refractivity contribution in [1.82, 2.24) is 14.6 Å². The molecule has 39 heavy (non-hydrogen) atoms. The number of ether oxygens (including phenoxy) is 2. The standard InChI is InChI=1S/C22H29N6O9PS/c1-13(2)35-17(29)14(3)25-38(33,37-15-8-6-5-7-9-15)34-12-22(26-27-23)18(30)21(4,32)19(36-22)28-11-10-16(39)24-20(28)31/h5-11,13-14,18-19,30,32H,12H2,1-4H3,(H,25,33)(H,24,31,39)/t14-,18-,19+,21+,22+,38?/m0/s1. The smallest absolute Gasteiger partial charge is 0.459 e. The molecular formula is C22H29N6O9PS. The molecule has 1 saturated heterocycles. The van der Waals surface area contributed by atoms with Crippen molar-refractivity contribution in [3.8, 4) is 5.75 Å². The number of carbonyl (C=O) groups is 1. The SMILES string of the molecule is CC(C)OC(=O)[C@H](C)NP(=O)(OC[C@@]1(N=[N+]=[N-])O[C@@H](n2ccc(=S)[nH]c2=O)[C@](C)(O)[C@@H]1O)Oc1ccccc1. The Hall–Kier alpha value is -3.07. The summed E-state index contributed by atoms with van der Waals surface area (Å²) in [4.78, 5) is 29.9. The summed E-state index contributed by atoms with van der Waals surface area (Å²) in [6.45, 7) is 4.85. The molecule has 1 unspecified atom stereocenters. The number of aromatic amines is 1. The van der Waals surface area contributed by atoms with E-state index in [1.807, 2.05) is 0 Å². The van der Waals surface area contributed by atoms with E-state index in [9.17, 15) is 29.9 Å². The van der Waals surface area contributed by atoms with Gasteiger partial charge in [0.15, 0.2) is 6.23 Å². The van der Waals surface area contributed by atoms with Gasteiger partial charge in [0.2, 0.25) is 5.72 Å². The minimum Gasteiger partial charge on any atom is -0.462 e. The number of nitrogens with one attached hydrogen (secondary N) is 2. The summed E-state index contributed by atoms with van der Waals surface area (Å²) in [7, 11) is -4.48. The van der Waals surface area contributed by atoms with Gasteiger partial charge in [0.25, 0.3) is 0 Å². The largest absolute Gasteiger partial charge is 0.462 e. The molecule has 1 aliphatic rings. The molecule has 0 spiro atoms. The van der Waals surface area contributed by atoms with Crippen LogP contribution < -0.4 is 15.3 Å². The number of aromatic nitrogens is 2. The van der Waals surface area contributed by atoms with Gasteiger partial charge in [0.05, 0.1) is 12.7 Å². The maximum Gasteiger partial charge on any atom is 0.459 e. The summed E-state index contributed by atoms with van der Waals surface area (Å²) < 4.78 is 36.8. The second kappa shape index (κ2) is 12.0. The number of hydrogen-bond acceptors (Lipinski definition) is 11. The van der Waals surface area contributed by atoms with Crippen LogP contribution in [0.1, 0.15) is 33.9 Å². The lowest BCUT2D eigenvalue weighted by Crippen LogP contribution is -2.51. The second-order valence-electron chi connectivity index (χ2n) is 9.16. The molecule has 2 aromatic rings. The molecule has 0 radical (unpaired) electrons. The molecule has 1 fully saturated rings. The Labute approximate surface area is 227 Å².